The highest BCUT2D eigenvalue weighted by atomic mass is 32.1. The third-order valence-electron chi connectivity index (χ3n) is 15.6. The highest BCUT2D eigenvalue weighted by molar-refractivity contribution is 7.26. The minimum absolute atomic E-state index is 0.265. The van der Waals surface area contributed by atoms with E-state index in [2.05, 4.69) is 68.0 Å². The van der Waals surface area contributed by atoms with Crippen LogP contribution in [0.2, 0.25) is 0 Å². The summed E-state index contributed by atoms with van der Waals surface area (Å²) >= 11 is 3.74. The second kappa shape index (κ2) is 9.32. The summed E-state index contributed by atoms with van der Waals surface area (Å²) in [5.41, 5.74) is 15.7. The molecule has 0 radical (unpaired) electrons. The average molecular weight is 815 g/mol. The van der Waals surface area contributed by atoms with E-state index in [1.54, 1.807) is 0 Å². The zero-order valence-corrected chi connectivity index (χ0v) is 33.6. The summed E-state index contributed by atoms with van der Waals surface area (Å²) in [6.07, 6.45) is 12.7. The lowest BCUT2D eigenvalue weighted by Crippen LogP contribution is -2.20. The van der Waals surface area contributed by atoms with Gasteiger partial charge in [0.25, 0.3) is 0 Å². The second-order valence-corrected chi connectivity index (χ2v) is 20.3. The molecule has 8 heteroatoms. The van der Waals surface area contributed by atoms with Crippen molar-refractivity contribution >= 4 is 151 Å². The molecule has 0 aliphatic heterocycles. The van der Waals surface area contributed by atoms with Gasteiger partial charge in [0.15, 0.2) is 0 Å². The van der Waals surface area contributed by atoms with Crippen LogP contribution in [-0.2, 0) is 19.3 Å². The van der Waals surface area contributed by atoms with Gasteiger partial charge in [-0.1, -0.05) is 6.07 Å². The Kier molecular flexibility index (Phi) is 4.60. The summed E-state index contributed by atoms with van der Waals surface area (Å²) in [6.45, 7) is 0. The van der Waals surface area contributed by atoms with Crippen molar-refractivity contribution in [3.63, 3.8) is 0 Å². The highest BCUT2D eigenvalue weighted by Crippen LogP contribution is 2.63. The summed E-state index contributed by atoms with van der Waals surface area (Å²) in [7, 11) is 0. The first-order valence-electron chi connectivity index (χ1n) is 21.2. The van der Waals surface area contributed by atoms with Crippen molar-refractivity contribution in [1.82, 2.24) is 19.9 Å². The largest absolute Gasteiger partial charge is 0.508 e. The highest BCUT2D eigenvalue weighted by Gasteiger charge is 2.42. The van der Waals surface area contributed by atoms with Crippen molar-refractivity contribution in [2.45, 2.75) is 31.6 Å². The van der Waals surface area contributed by atoms with Gasteiger partial charge in [-0.15, -0.1) is 22.7 Å². The average Bonchev–Trinajstić information content (AvgIpc) is 4.07. The van der Waals surface area contributed by atoms with Gasteiger partial charge in [0, 0.05) is 123 Å². The maximum Gasteiger partial charge on any atom is 0.143 e. The zero-order valence-electron chi connectivity index (χ0n) is 32.0. The van der Waals surface area contributed by atoms with Crippen molar-refractivity contribution < 1.29 is 10.2 Å². The first-order valence-corrected chi connectivity index (χ1v) is 22.9. The number of benzene rings is 9. The van der Waals surface area contributed by atoms with Gasteiger partial charge in [-0.05, 0) is 143 Å². The van der Waals surface area contributed by atoms with E-state index in [4.69, 9.17) is 0 Å². The van der Waals surface area contributed by atoms with E-state index in [-0.39, 0.29) is 11.7 Å². The lowest BCUT2D eigenvalue weighted by molar-refractivity contribution is 0.477. The van der Waals surface area contributed by atoms with Crippen molar-refractivity contribution in [2.75, 3.05) is 0 Å². The van der Waals surface area contributed by atoms with Crippen LogP contribution in [0, 0.1) is 0 Å². The van der Waals surface area contributed by atoms with Crippen molar-refractivity contribution in [2.24, 2.45) is 0 Å². The van der Waals surface area contributed by atoms with E-state index < -0.39 is 0 Å². The van der Waals surface area contributed by atoms with Gasteiger partial charge in [-0.25, -0.2) is 0 Å². The number of aryl methyl sites for hydroxylation is 2. The number of thiophene rings is 2. The van der Waals surface area contributed by atoms with Crippen molar-refractivity contribution in [3.05, 3.63) is 117 Å². The summed E-state index contributed by atoms with van der Waals surface area (Å²) in [4.78, 5) is 18.0. The van der Waals surface area contributed by atoms with Gasteiger partial charge in [0.1, 0.15) is 17.0 Å². The van der Waals surface area contributed by atoms with Crippen LogP contribution in [-0.4, -0.2) is 30.1 Å². The van der Waals surface area contributed by atoms with Crippen LogP contribution in [0.15, 0.2) is 78.7 Å². The van der Waals surface area contributed by atoms with E-state index in [1.807, 2.05) is 53.3 Å². The Hall–Kier alpha value is -7.00. The Morgan fingerprint density at radius 2 is 1.43 bits per heavy atom. The molecular weight excluding hydrogens is 789 g/mol. The van der Waals surface area contributed by atoms with Crippen LogP contribution in [0.25, 0.3) is 140 Å². The van der Waals surface area contributed by atoms with Crippen LogP contribution in [0.4, 0.5) is 0 Å². The first-order chi connectivity index (χ1) is 30.1. The molecule has 15 aromatic rings. The van der Waals surface area contributed by atoms with Gasteiger partial charge in [-0.3, -0.25) is 9.97 Å². The van der Waals surface area contributed by atoms with E-state index >= 15 is 0 Å². The molecule has 0 amide bonds. The van der Waals surface area contributed by atoms with Crippen LogP contribution < -0.4 is 0 Å². The monoisotopic (exact) mass is 814 g/mol. The smallest absolute Gasteiger partial charge is 0.143 e. The summed E-state index contributed by atoms with van der Waals surface area (Å²) in [5, 5.41) is 47.2. The molecule has 4 aliphatic carbocycles. The van der Waals surface area contributed by atoms with E-state index in [0.29, 0.717) is 5.75 Å². The number of phenolic OH excluding ortho intramolecular Hbond substituents is 2. The molecule has 1 atom stereocenters. The maximum atomic E-state index is 10.7. The number of H-pyrrole nitrogens is 2. The molecule has 0 bridgehead atoms. The molecule has 0 spiro atoms. The van der Waals surface area contributed by atoms with E-state index in [0.717, 1.165) is 40.0 Å². The summed E-state index contributed by atoms with van der Waals surface area (Å²) < 4.78 is 2.59. The first kappa shape index (κ1) is 30.1. The maximum absolute atomic E-state index is 10.7. The molecule has 4 N–H and O–H groups in total. The number of nitrogens with one attached hydrogen (secondary N) is 2. The topological polar surface area (TPSA) is 97.8 Å². The van der Waals surface area contributed by atoms with Gasteiger partial charge >= 0.3 is 0 Å². The Bertz CT molecular complexity index is 4600. The molecule has 6 heterocycles. The molecule has 0 saturated heterocycles. The number of rotatable bonds is 0. The number of fused-ring (bicyclic) bond motifs is 2. The van der Waals surface area contributed by atoms with Crippen molar-refractivity contribution in [3.8, 4) is 22.6 Å². The summed E-state index contributed by atoms with van der Waals surface area (Å²) in [6, 6.07) is 17.6. The molecule has 6 aromatic heterocycles. The minimum atomic E-state index is 0.265. The fraction of sp³-hybridized carbons (Fsp3) is 0.0943. The minimum Gasteiger partial charge on any atom is -0.508 e. The van der Waals surface area contributed by atoms with Gasteiger partial charge in [0.05, 0.1) is 10.2 Å². The van der Waals surface area contributed by atoms with Crippen LogP contribution in [0.3, 0.4) is 0 Å². The molecule has 9 aromatic carbocycles. The predicted molar refractivity (Wildman–Crippen MR) is 252 cm³/mol. The standard InChI is InChI=1S/C31H14N2OS.C22H12N2OS/c34-15-3-11-1-13-5-21-27-19(10-35-21)17-8-32-7-14-2-12-4-20-26-18(9-33-20)16(6-15)22(11)28-25(13)31(27)29(23(14)17)24(12)30(26)28;25-12-6-11-17-16-10(24-11)4-8-2-1-3-9-5-13-18(20(16)15(8)9)19-14(26-13)7-23-22(12)21(17)19/h1-4,6-10,31,33-34H,5H2;4-7,24-25H,1-3H2. The zero-order chi connectivity index (χ0) is 39.0. The number of aromatic hydroxyl groups is 2. The number of nitrogens with zero attached hydrogens (tertiary/aromatic N) is 2. The molecule has 0 saturated carbocycles. The van der Waals surface area contributed by atoms with E-state index in [9.17, 15) is 10.2 Å². The molecule has 6 nitrogen and oxygen atoms in total. The molecule has 61 heavy (non-hydrogen) atoms. The van der Waals surface area contributed by atoms with Gasteiger partial charge in [0.2, 0.25) is 0 Å². The Balaban J connectivity index is 0.000000110. The van der Waals surface area contributed by atoms with E-state index in [1.165, 1.54) is 163 Å². The number of phenols is 2. The fourth-order valence-electron chi connectivity index (χ4n) is 13.7. The normalized spacial score (nSPS) is 16.2. The SMILES string of the molecule is Oc1cc2[nH]c3cc4c5c(cc6sc7cnc1c1c2c3c5c6c71)CCC4.Oc1cc2cc3c4c5c2c(c1)c1c[nH]c2cc6cc7cncc8c7c(c6c5c21)C4c1c-8csc1C3. The van der Waals surface area contributed by atoms with Crippen LogP contribution in [0.5, 0.6) is 11.5 Å². The number of aromatic nitrogens is 4. The molecule has 282 valence electrons. The Labute approximate surface area is 350 Å². The third-order valence-corrected chi connectivity index (χ3v) is 17.7. The third kappa shape index (κ3) is 3.07. The number of hydrogen-bond acceptors (Lipinski definition) is 6. The Morgan fingerprint density at radius 3 is 2.38 bits per heavy atom. The molecule has 19 rings (SSSR count). The summed E-state index contributed by atoms with van der Waals surface area (Å²) in [5.74, 6) is 0.870. The fourth-order valence-corrected chi connectivity index (χ4v) is 16.0. The van der Waals surface area contributed by atoms with Crippen LogP contribution >= 0.6 is 22.7 Å². The predicted octanol–water partition coefficient (Wildman–Crippen LogP) is 13.8. The number of pyridine rings is 2. The quantitative estimate of drug-likeness (QED) is 0.0905. The van der Waals surface area contributed by atoms with Gasteiger partial charge < -0.3 is 20.2 Å². The van der Waals surface area contributed by atoms with Crippen molar-refractivity contribution in [1.29, 1.82) is 0 Å². The van der Waals surface area contributed by atoms with Crippen LogP contribution in [0.1, 0.15) is 50.6 Å². The lowest BCUT2D eigenvalue weighted by atomic mass is 9.64. The molecule has 4 aliphatic rings. The number of aromatic amines is 2. The lowest BCUT2D eigenvalue weighted by Gasteiger charge is -2.38. The second-order valence-electron chi connectivity index (χ2n) is 18.3. The molecule has 1 unspecified atom stereocenters. The molecule has 0 fully saturated rings. The molecular formula is C53H26N4O2S2. The number of hydrogen-bond donors (Lipinski definition) is 4. The van der Waals surface area contributed by atoms with Gasteiger partial charge in [-0.2, -0.15) is 0 Å². The Morgan fingerprint density at radius 1 is 0.574 bits per heavy atom.